The molecule has 1 N–H and O–H groups in total. The summed E-state index contributed by atoms with van der Waals surface area (Å²) in [5.74, 6) is -1.69. The van der Waals surface area contributed by atoms with Crippen LogP contribution in [0.15, 0.2) is 24.3 Å². The number of hydrogen-bond donors (Lipinski definition) is 1. The van der Waals surface area contributed by atoms with Gasteiger partial charge in [0, 0.05) is 32.5 Å². The number of carboxylic acids is 1. The quantitative estimate of drug-likeness (QED) is 0.898. The van der Waals surface area contributed by atoms with Crippen LogP contribution >= 0.6 is 0 Å². The van der Waals surface area contributed by atoms with Crippen LogP contribution in [0.1, 0.15) is 24.5 Å². The molecule has 3 rings (SSSR count). The average molecular weight is 316 g/mol. The molecule has 6 heteroatoms. The van der Waals surface area contributed by atoms with Crippen LogP contribution in [0.5, 0.6) is 0 Å². The Kier molecular flexibility index (Phi) is 4.07. The minimum atomic E-state index is -0.996. The minimum absolute atomic E-state index is 0.0323. The molecule has 122 valence electrons. The first kappa shape index (κ1) is 15.5. The number of aliphatic carboxylic acids is 1. The fraction of sp³-hybridized carbons (Fsp3) is 0.471. The van der Waals surface area contributed by atoms with E-state index in [-0.39, 0.29) is 18.2 Å². The molecule has 0 aromatic heterocycles. The molecule has 23 heavy (non-hydrogen) atoms. The molecule has 2 amide bonds. The standard InChI is InChI=1S/C17H20N2O4/c1-2-18-9-13(8-15(18)20)16(21)19-10-12-6-4-3-5-11(12)7-14(19)17(22)23/h3-6,13-14H,2,7-10H2,1H3,(H,22,23)/t13-,14+/m0/s1. The highest BCUT2D eigenvalue weighted by atomic mass is 16.4. The second-order valence-electron chi connectivity index (χ2n) is 6.13. The molecule has 1 aromatic carbocycles. The molecule has 0 saturated carbocycles. The molecule has 1 saturated heterocycles. The molecule has 2 aliphatic heterocycles. The summed E-state index contributed by atoms with van der Waals surface area (Å²) in [7, 11) is 0. The Hall–Kier alpha value is -2.37. The number of rotatable bonds is 3. The maximum absolute atomic E-state index is 12.8. The zero-order chi connectivity index (χ0) is 16.6. The Bertz CT molecular complexity index is 658. The van der Waals surface area contributed by atoms with E-state index in [4.69, 9.17) is 0 Å². The maximum Gasteiger partial charge on any atom is 0.326 e. The lowest BCUT2D eigenvalue weighted by Gasteiger charge is -2.35. The van der Waals surface area contributed by atoms with E-state index in [1.54, 1.807) is 4.90 Å². The molecule has 0 radical (unpaired) electrons. The number of nitrogens with zero attached hydrogens (tertiary/aromatic N) is 2. The van der Waals surface area contributed by atoms with Crippen LogP contribution in [0.3, 0.4) is 0 Å². The third-order valence-electron chi connectivity index (χ3n) is 4.76. The van der Waals surface area contributed by atoms with E-state index in [2.05, 4.69) is 0 Å². The number of likely N-dealkylation sites (tertiary alicyclic amines) is 1. The van der Waals surface area contributed by atoms with Crippen LogP contribution < -0.4 is 0 Å². The van der Waals surface area contributed by atoms with Crippen LogP contribution in [-0.2, 0) is 27.3 Å². The molecule has 0 unspecified atom stereocenters. The van der Waals surface area contributed by atoms with E-state index in [1.165, 1.54) is 4.90 Å². The SMILES string of the molecule is CCN1C[C@@H](C(=O)N2Cc3ccccc3C[C@@H]2C(=O)O)CC1=O. The van der Waals surface area contributed by atoms with Gasteiger partial charge in [0.25, 0.3) is 0 Å². The number of carbonyl (C=O) groups excluding carboxylic acids is 2. The van der Waals surface area contributed by atoms with E-state index in [0.29, 0.717) is 26.1 Å². The normalized spacial score (nSPS) is 23.8. The average Bonchev–Trinajstić information content (AvgIpc) is 2.93. The van der Waals surface area contributed by atoms with Gasteiger partial charge in [-0.1, -0.05) is 24.3 Å². The van der Waals surface area contributed by atoms with E-state index >= 15 is 0 Å². The highest BCUT2D eigenvalue weighted by molar-refractivity contribution is 5.91. The molecule has 2 heterocycles. The summed E-state index contributed by atoms with van der Waals surface area (Å²) >= 11 is 0. The van der Waals surface area contributed by atoms with Gasteiger partial charge in [0.15, 0.2) is 0 Å². The maximum atomic E-state index is 12.8. The summed E-state index contributed by atoms with van der Waals surface area (Å²) in [5, 5.41) is 9.50. The fourth-order valence-electron chi connectivity index (χ4n) is 3.45. The molecular weight excluding hydrogens is 296 g/mol. The molecule has 1 aromatic rings. The smallest absolute Gasteiger partial charge is 0.326 e. The van der Waals surface area contributed by atoms with Gasteiger partial charge in [0.2, 0.25) is 11.8 Å². The number of carbonyl (C=O) groups is 3. The number of amides is 2. The van der Waals surface area contributed by atoms with Crippen molar-refractivity contribution in [1.82, 2.24) is 9.80 Å². The van der Waals surface area contributed by atoms with Crippen molar-refractivity contribution in [2.45, 2.75) is 32.4 Å². The summed E-state index contributed by atoms with van der Waals surface area (Å²) < 4.78 is 0. The first-order valence-corrected chi connectivity index (χ1v) is 7.89. The van der Waals surface area contributed by atoms with Crippen molar-refractivity contribution in [1.29, 1.82) is 0 Å². The molecule has 1 fully saturated rings. The van der Waals surface area contributed by atoms with Crippen LogP contribution in [0, 0.1) is 5.92 Å². The van der Waals surface area contributed by atoms with Crippen molar-refractivity contribution in [3.8, 4) is 0 Å². The Morgan fingerprint density at radius 3 is 2.52 bits per heavy atom. The van der Waals surface area contributed by atoms with Crippen molar-refractivity contribution in [2.75, 3.05) is 13.1 Å². The lowest BCUT2D eigenvalue weighted by molar-refractivity contribution is -0.153. The molecule has 6 nitrogen and oxygen atoms in total. The Morgan fingerprint density at radius 2 is 1.91 bits per heavy atom. The highest BCUT2D eigenvalue weighted by Gasteiger charge is 2.41. The van der Waals surface area contributed by atoms with Gasteiger partial charge >= 0.3 is 5.97 Å². The van der Waals surface area contributed by atoms with Gasteiger partial charge in [0.05, 0.1) is 5.92 Å². The molecular formula is C17H20N2O4. The monoisotopic (exact) mass is 316 g/mol. The lowest BCUT2D eigenvalue weighted by atomic mass is 9.92. The number of carboxylic acid groups (broad SMARTS) is 1. The van der Waals surface area contributed by atoms with Crippen LogP contribution in [-0.4, -0.2) is 51.8 Å². The topological polar surface area (TPSA) is 77.9 Å². The van der Waals surface area contributed by atoms with E-state index in [0.717, 1.165) is 11.1 Å². The summed E-state index contributed by atoms with van der Waals surface area (Å²) in [6, 6.07) is 6.74. The number of fused-ring (bicyclic) bond motifs is 1. The van der Waals surface area contributed by atoms with E-state index < -0.39 is 17.9 Å². The molecule has 0 spiro atoms. The molecule has 2 aliphatic rings. The van der Waals surface area contributed by atoms with Crippen LogP contribution in [0.4, 0.5) is 0 Å². The van der Waals surface area contributed by atoms with Gasteiger partial charge in [-0.05, 0) is 18.1 Å². The van der Waals surface area contributed by atoms with Gasteiger partial charge < -0.3 is 14.9 Å². The van der Waals surface area contributed by atoms with E-state index in [1.807, 2.05) is 31.2 Å². The second kappa shape index (κ2) is 6.02. The zero-order valence-electron chi connectivity index (χ0n) is 13.1. The third kappa shape index (κ3) is 2.81. The number of benzene rings is 1. The summed E-state index contributed by atoms with van der Waals surface area (Å²) in [5.41, 5.74) is 1.96. The summed E-state index contributed by atoms with van der Waals surface area (Å²) in [6.45, 7) is 3.14. The molecule has 0 aliphatic carbocycles. The zero-order valence-corrected chi connectivity index (χ0v) is 13.1. The third-order valence-corrected chi connectivity index (χ3v) is 4.76. The first-order valence-electron chi connectivity index (χ1n) is 7.89. The summed E-state index contributed by atoms with van der Waals surface area (Å²) in [4.78, 5) is 39.4. The Balaban J connectivity index is 1.84. The van der Waals surface area contributed by atoms with Crippen molar-refractivity contribution >= 4 is 17.8 Å². The lowest BCUT2D eigenvalue weighted by Crippen LogP contribution is -2.51. The fourth-order valence-corrected chi connectivity index (χ4v) is 3.45. The predicted molar refractivity (Wildman–Crippen MR) is 82.5 cm³/mol. The van der Waals surface area contributed by atoms with Crippen LogP contribution in [0.2, 0.25) is 0 Å². The van der Waals surface area contributed by atoms with Crippen molar-refractivity contribution in [3.63, 3.8) is 0 Å². The van der Waals surface area contributed by atoms with Crippen LogP contribution in [0.25, 0.3) is 0 Å². The second-order valence-corrected chi connectivity index (χ2v) is 6.13. The molecule has 2 atom stereocenters. The summed E-state index contributed by atoms with van der Waals surface area (Å²) in [6.07, 6.45) is 0.493. The van der Waals surface area contributed by atoms with E-state index in [9.17, 15) is 19.5 Å². The van der Waals surface area contributed by atoms with Gasteiger partial charge in [-0.3, -0.25) is 9.59 Å². The van der Waals surface area contributed by atoms with Crippen molar-refractivity contribution < 1.29 is 19.5 Å². The minimum Gasteiger partial charge on any atom is -0.480 e. The van der Waals surface area contributed by atoms with Crippen molar-refractivity contribution in [2.24, 2.45) is 5.92 Å². The van der Waals surface area contributed by atoms with Gasteiger partial charge in [0.1, 0.15) is 6.04 Å². The Labute approximate surface area is 134 Å². The number of hydrogen-bond acceptors (Lipinski definition) is 3. The van der Waals surface area contributed by atoms with Gasteiger partial charge in [-0.2, -0.15) is 0 Å². The largest absolute Gasteiger partial charge is 0.480 e. The first-order chi connectivity index (χ1) is 11.0. The predicted octanol–water partition coefficient (Wildman–Crippen LogP) is 0.893. The van der Waals surface area contributed by atoms with Gasteiger partial charge in [-0.15, -0.1) is 0 Å². The Morgan fingerprint density at radius 1 is 1.22 bits per heavy atom. The van der Waals surface area contributed by atoms with Gasteiger partial charge in [-0.25, -0.2) is 4.79 Å². The highest BCUT2D eigenvalue weighted by Crippen LogP contribution is 2.28. The molecule has 0 bridgehead atoms. The van der Waals surface area contributed by atoms with Crippen molar-refractivity contribution in [3.05, 3.63) is 35.4 Å².